The van der Waals surface area contributed by atoms with Crippen LogP contribution in [0.2, 0.25) is 0 Å². The molecule has 0 radical (unpaired) electrons. The van der Waals surface area contributed by atoms with Gasteiger partial charge in [0.15, 0.2) is 5.96 Å². The van der Waals surface area contributed by atoms with E-state index < -0.39 is 10.0 Å². The van der Waals surface area contributed by atoms with E-state index in [1.165, 1.54) is 12.1 Å². The van der Waals surface area contributed by atoms with Crippen molar-refractivity contribution in [1.29, 1.82) is 0 Å². The third-order valence-corrected chi connectivity index (χ3v) is 5.30. The first-order valence-electron chi connectivity index (χ1n) is 8.70. The Balaban J connectivity index is 0.00000364. The molecule has 0 aliphatic carbocycles. The standard InChI is InChI=1S/C17H27N5O3S.HI/c1-3-16(23)22-11-9-14(12-22)21-17(19-2)20-10-8-13-4-6-15(7-5-13)26(18,24)25;/h4-7,14H,3,8-12H2,1-2H3,(H2,18,24,25)(H2,19,20,21);1H. The van der Waals surface area contributed by atoms with Crippen molar-refractivity contribution in [2.45, 2.75) is 37.1 Å². The third kappa shape index (κ3) is 7.26. The molecule has 0 spiro atoms. The Labute approximate surface area is 178 Å². The van der Waals surface area contributed by atoms with E-state index in [1.807, 2.05) is 11.8 Å². The van der Waals surface area contributed by atoms with Crippen LogP contribution >= 0.6 is 24.0 Å². The topological polar surface area (TPSA) is 117 Å². The molecule has 152 valence electrons. The zero-order valence-corrected chi connectivity index (χ0v) is 18.8. The van der Waals surface area contributed by atoms with Gasteiger partial charge in [0.2, 0.25) is 15.9 Å². The summed E-state index contributed by atoms with van der Waals surface area (Å²) in [5.74, 6) is 0.877. The van der Waals surface area contributed by atoms with Crippen molar-refractivity contribution in [3.8, 4) is 0 Å². The molecule has 1 aliphatic rings. The van der Waals surface area contributed by atoms with Gasteiger partial charge in [0.1, 0.15) is 0 Å². The zero-order chi connectivity index (χ0) is 19.2. The fourth-order valence-electron chi connectivity index (χ4n) is 2.89. The van der Waals surface area contributed by atoms with Crippen LogP contribution in [0.1, 0.15) is 25.3 Å². The van der Waals surface area contributed by atoms with Crippen molar-refractivity contribution < 1.29 is 13.2 Å². The average Bonchev–Trinajstić information content (AvgIpc) is 3.08. The second-order valence-electron chi connectivity index (χ2n) is 6.26. The molecule has 0 aromatic heterocycles. The summed E-state index contributed by atoms with van der Waals surface area (Å²) in [4.78, 5) is 17.9. The highest BCUT2D eigenvalue weighted by Gasteiger charge is 2.25. The molecule has 1 aliphatic heterocycles. The fourth-order valence-corrected chi connectivity index (χ4v) is 3.40. The molecule has 2 rings (SSSR count). The van der Waals surface area contributed by atoms with E-state index in [-0.39, 0.29) is 40.8 Å². The molecule has 1 heterocycles. The first-order chi connectivity index (χ1) is 12.3. The van der Waals surface area contributed by atoms with Crippen molar-refractivity contribution in [2.24, 2.45) is 10.1 Å². The quantitative estimate of drug-likeness (QED) is 0.296. The minimum Gasteiger partial charge on any atom is -0.356 e. The SMILES string of the molecule is CCC(=O)N1CCC(NC(=NC)NCCc2ccc(S(N)(=O)=O)cc2)C1.I. The van der Waals surface area contributed by atoms with E-state index >= 15 is 0 Å². The van der Waals surface area contributed by atoms with Gasteiger partial charge >= 0.3 is 0 Å². The number of nitrogens with zero attached hydrogens (tertiary/aromatic N) is 2. The number of amides is 1. The van der Waals surface area contributed by atoms with Crippen LogP contribution in [0.3, 0.4) is 0 Å². The second-order valence-corrected chi connectivity index (χ2v) is 7.82. The van der Waals surface area contributed by atoms with Crippen LogP contribution in [0, 0.1) is 0 Å². The second kappa shape index (κ2) is 10.8. The number of guanidine groups is 1. The monoisotopic (exact) mass is 509 g/mol. The number of carbonyl (C=O) groups is 1. The summed E-state index contributed by atoms with van der Waals surface area (Å²) in [6.07, 6.45) is 2.15. The molecular weight excluding hydrogens is 481 g/mol. The van der Waals surface area contributed by atoms with Crippen LogP contribution < -0.4 is 15.8 Å². The number of aliphatic imine (C=N–C) groups is 1. The van der Waals surface area contributed by atoms with Crippen molar-refractivity contribution in [3.63, 3.8) is 0 Å². The summed E-state index contributed by atoms with van der Waals surface area (Å²) in [5, 5.41) is 11.7. The maximum absolute atomic E-state index is 11.7. The Morgan fingerprint density at radius 2 is 2.00 bits per heavy atom. The zero-order valence-electron chi connectivity index (χ0n) is 15.6. The van der Waals surface area contributed by atoms with Gasteiger partial charge in [-0.05, 0) is 30.5 Å². The lowest BCUT2D eigenvalue weighted by Crippen LogP contribution is -2.45. The Kier molecular flexibility index (Phi) is 9.47. The summed E-state index contributed by atoms with van der Waals surface area (Å²) < 4.78 is 22.5. The maximum Gasteiger partial charge on any atom is 0.238 e. The van der Waals surface area contributed by atoms with Gasteiger partial charge in [-0.1, -0.05) is 19.1 Å². The van der Waals surface area contributed by atoms with Gasteiger partial charge in [0.25, 0.3) is 0 Å². The first-order valence-corrected chi connectivity index (χ1v) is 10.2. The summed E-state index contributed by atoms with van der Waals surface area (Å²) in [6, 6.07) is 6.72. The number of rotatable bonds is 6. The molecule has 1 fully saturated rings. The van der Waals surface area contributed by atoms with E-state index in [9.17, 15) is 13.2 Å². The number of halogens is 1. The number of nitrogens with one attached hydrogen (secondary N) is 2. The number of sulfonamides is 1. The molecule has 8 nitrogen and oxygen atoms in total. The Bertz CT molecular complexity index is 752. The Morgan fingerprint density at radius 1 is 1.33 bits per heavy atom. The molecule has 0 bridgehead atoms. The Hall–Kier alpha value is -1.40. The highest BCUT2D eigenvalue weighted by molar-refractivity contribution is 14.0. The number of hydrogen-bond donors (Lipinski definition) is 3. The number of carbonyl (C=O) groups excluding carboxylic acids is 1. The van der Waals surface area contributed by atoms with E-state index in [0.29, 0.717) is 25.5 Å². The van der Waals surface area contributed by atoms with Gasteiger partial charge in [0.05, 0.1) is 4.90 Å². The van der Waals surface area contributed by atoms with Crippen LogP contribution in [0.5, 0.6) is 0 Å². The summed E-state index contributed by atoms with van der Waals surface area (Å²) >= 11 is 0. The molecule has 0 saturated carbocycles. The number of benzene rings is 1. The van der Waals surface area contributed by atoms with E-state index in [0.717, 1.165) is 24.9 Å². The van der Waals surface area contributed by atoms with Gasteiger partial charge in [-0.2, -0.15) is 0 Å². The fraction of sp³-hybridized carbons (Fsp3) is 0.529. The molecule has 10 heteroatoms. The molecule has 1 unspecified atom stereocenters. The van der Waals surface area contributed by atoms with Crippen LogP contribution in [-0.2, 0) is 21.2 Å². The minimum absolute atomic E-state index is 0. The van der Waals surface area contributed by atoms with Gasteiger partial charge in [-0.3, -0.25) is 9.79 Å². The van der Waals surface area contributed by atoms with Gasteiger partial charge in [0, 0.05) is 39.1 Å². The normalized spacial score (nSPS) is 17.4. The predicted octanol–water partition coefficient (Wildman–Crippen LogP) is 0.670. The highest BCUT2D eigenvalue weighted by atomic mass is 127. The average molecular weight is 509 g/mol. The first kappa shape index (κ1) is 23.6. The lowest BCUT2D eigenvalue weighted by molar-refractivity contribution is -0.129. The molecule has 1 amide bonds. The van der Waals surface area contributed by atoms with Crippen LogP contribution in [0.25, 0.3) is 0 Å². The maximum atomic E-state index is 11.7. The summed E-state index contributed by atoms with van der Waals surface area (Å²) in [6.45, 7) is 4.00. The molecule has 1 aromatic carbocycles. The smallest absolute Gasteiger partial charge is 0.238 e. The summed E-state index contributed by atoms with van der Waals surface area (Å²) in [7, 11) is -1.95. The van der Waals surface area contributed by atoms with Gasteiger partial charge < -0.3 is 15.5 Å². The van der Waals surface area contributed by atoms with Crippen LogP contribution in [0.4, 0.5) is 0 Å². The molecular formula is C17H28IN5O3S. The van der Waals surface area contributed by atoms with E-state index in [4.69, 9.17) is 5.14 Å². The highest BCUT2D eigenvalue weighted by Crippen LogP contribution is 2.11. The number of likely N-dealkylation sites (tertiary alicyclic amines) is 1. The molecule has 27 heavy (non-hydrogen) atoms. The lowest BCUT2D eigenvalue weighted by Gasteiger charge is -2.18. The lowest BCUT2D eigenvalue weighted by atomic mass is 10.1. The number of primary sulfonamides is 1. The number of nitrogens with two attached hydrogens (primary N) is 1. The molecule has 1 atom stereocenters. The van der Waals surface area contributed by atoms with E-state index in [2.05, 4.69) is 15.6 Å². The van der Waals surface area contributed by atoms with Crippen molar-refractivity contribution in [3.05, 3.63) is 29.8 Å². The van der Waals surface area contributed by atoms with E-state index in [1.54, 1.807) is 19.2 Å². The molecule has 1 saturated heterocycles. The third-order valence-electron chi connectivity index (χ3n) is 4.37. The van der Waals surface area contributed by atoms with Crippen LogP contribution in [-0.4, -0.2) is 57.9 Å². The predicted molar refractivity (Wildman–Crippen MR) is 117 cm³/mol. The van der Waals surface area contributed by atoms with Crippen molar-refractivity contribution >= 4 is 45.9 Å². The molecule has 1 aromatic rings. The van der Waals surface area contributed by atoms with Crippen molar-refractivity contribution in [2.75, 3.05) is 26.7 Å². The summed E-state index contributed by atoms with van der Waals surface area (Å²) in [5.41, 5.74) is 1.00. The van der Waals surface area contributed by atoms with Crippen molar-refractivity contribution in [1.82, 2.24) is 15.5 Å². The molecule has 4 N–H and O–H groups in total. The van der Waals surface area contributed by atoms with Crippen LogP contribution in [0.15, 0.2) is 34.2 Å². The minimum atomic E-state index is -3.66. The largest absolute Gasteiger partial charge is 0.356 e. The van der Waals surface area contributed by atoms with Gasteiger partial charge in [-0.25, -0.2) is 13.6 Å². The Morgan fingerprint density at radius 3 is 2.56 bits per heavy atom. The van der Waals surface area contributed by atoms with Gasteiger partial charge in [-0.15, -0.1) is 24.0 Å². The number of hydrogen-bond acceptors (Lipinski definition) is 4.